The molecule has 2 aromatic carbocycles. The number of nitrogens with zero attached hydrogens (tertiary/aromatic N) is 1. The number of ether oxygens (including phenoxy) is 1. The molecule has 30 heavy (non-hydrogen) atoms. The van der Waals surface area contributed by atoms with Gasteiger partial charge in [-0.2, -0.15) is 0 Å². The van der Waals surface area contributed by atoms with Gasteiger partial charge in [0.15, 0.2) is 0 Å². The van der Waals surface area contributed by atoms with E-state index in [0.717, 1.165) is 19.3 Å². The van der Waals surface area contributed by atoms with E-state index in [1.165, 1.54) is 12.1 Å². The van der Waals surface area contributed by atoms with Crippen molar-refractivity contribution in [1.82, 2.24) is 4.72 Å². The number of benzene rings is 2. The van der Waals surface area contributed by atoms with Crippen molar-refractivity contribution in [3.05, 3.63) is 54.1 Å². The van der Waals surface area contributed by atoms with Gasteiger partial charge in [0.2, 0.25) is 0 Å². The monoisotopic (exact) mass is 429 g/mol. The predicted molar refractivity (Wildman–Crippen MR) is 118 cm³/mol. The summed E-state index contributed by atoms with van der Waals surface area (Å²) in [6.07, 6.45) is 3.59. The standard InChI is InChI=1S/C22H27N3O4S/c1-16(2)29-19-12-10-17(11-13-19)22(26)24-18-7-6-8-20(15-18)30(27,28)25-21-9-4-3-5-14-23-21/h6-8,10-13,15-16H,3-5,9,14H2,1-2H3,(H,23,25)(H,24,26). The van der Waals surface area contributed by atoms with Crippen molar-refractivity contribution < 1.29 is 17.9 Å². The van der Waals surface area contributed by atoms with E-state index in [1.54, 1.807) is 36.4 Å². The maximum atomic E-state index is 12.7. The number of rotatable bonds is 6. The SMILES string of the molecule is CC(C)Oc1ccc(C(=O)Nc2cccc(S(=O)(=O)NC3=NCCCCC3)c2)cc1. The molecular formula is C22H27N3O4S. The Bertz CT molecular complexity index is 1010. The van der Waals surface area contributed by atoms with Crippen molar-refractivity contribution in [1.29, 1.82) is 0 Å². The fourth-order valence-electron chi connectivity index (χ4n) is 3.07. The first-order valence-electron chi connectivity index (χ1n) is 10.1. The molecule has 0 atom stereocenters. The average Bonchev–Trinajstić information content (AvgIpc) is 2.96. The molecule has 0 unspecified atom stereocenters. The lowest BCUT2D eigenvalue weighted by molar-refractivity contribution is 0.102. The first-order valence-corrected chi connectivity index (χ1v) is 11.6. The normalized spacial score (nSPS) is 14.6. The van der Waals surface area contributed by atoms with Crippen LogP contribution in [0, 0.1) is 0 Å². The molecule has 0 saturated heterocycles. The van der Waals surface area contributed by atoms with Crippen LogP contribution in [0.25, 0.3) is 0 Å². The third-order valence-corrected chi connectivity index (χ3v) is 5.90. The van der Waals surface area contributed by atoms with Crippen LogP contribution in [0.4, 0.5) is 5.69 Å². The van der Waals surface area contributed by atoms with Crippen molar-refractivity contribution in [2.24, 2.45) is 4.99 Å². The van der Waals surface area contributed by atoms with Crippen molar-refractivity contribution in [3.8, 4) is 5.75 Å². The van der Waals surface area contributed by atoms with Crippen LogP contribution < -0.4 is 14.8 Å². The van der Waals surface area contributed by atoms with E-state index < -0.39 is 10.0 Å². The minimum absolute atomic E-state index is 0.0481. The lowest BCUT2D eigenvalue weighted by atomic mass is 10.2. The molecule has 1 heterocycles. The lowest BCUT2D eigenvalue weighted by Gasteiger charge is -2.12. The molecule has 0 saturated carbocycles. The van der Waals surface area contributed by atoms with Gasteiger partial charge in [0.1, 0.15) is 11.6 Å². The predicted octanol–water partition coefficient (Wildman–Crippen LogP) is 3.98. The molecule has 0 spiro atoms. The Morgan fingerprint density at radius 2 is 1.83 bits per heavy atom. The van der Waals surface area contributed by atoms with E-state index >= 15 is 0 Å². The molecule has 0 aromatic heterocycles. The van der Waals surface area contributed by atoms with E-state index in [-0.39, 0.29) is 16.9 Å². The summed E-state index contributed by atoms with van der Waals surface area (Å²) < 4.78 is 33.6. The van der Waals surface area contributed by atoms with Gasteiger partial charge < -0.3 is 10.1 Å². The van der Waals surface area contributed by atoms with Gasteiger partial charge in [-0.05, 0) is 69.2 Å². The Labute approximate surface area is 177 Å². The molecule has 1 aliphatic rings. The molecule has 1 amide bonds. The number of hydrogen-bond acceptors (Lipinski definition) is 5. The fraction of sp³-hybridized carbons (Fsp3) is 0.364. The molecule has 0 aliphatic carbocycles. The van der Waals surface area contributed by atoms with E-state index in [4.69, 9.17) is 4.74 Å². The van der Waals surface area contributed by atoms with Gasteiger partial charge in [-0.1, -0.05) is 12.5 Å². The van der Waals surface area contributed by atoms with E-state index in [0.29, 0.717) is 35.8 Å². The number of sulfonamides is 1. The van der Waals surface area contributed by atoms with Crippen molar-refractivity contribution in [2.45, 2.75) is 50.5 Å². The maximum absolute atomic E-state index is 12.7. The zero-order valence-corrected chi connectivity index (χ0v) is 18.0. The number of carbonyl (C=O) groups is 1. The summed E-state index contributed by atoms with van der Waals surface area (Å²) >= 11 is 0. The van der Waals surface area contributed by atoms with Gasteiger partial charge in [-0.3, -0.25) is 14.5 Å². The Balaban J connectivity index is 1.70. The van der Waals surface area contributed by atoms with Crippen LogP contribution >= 0.6 is 0 Å². The second-order valence-electron chi connectivity index (χ2n) is 7.42. The highest BCUT2D eigenvalue weighted by atomic mass is 32.2. The van der Waals surface area contributed by atoms with Crippen LogP contribution in [0.2, 0.25) is 0 Å². The molecule has 0 fully saturated rings. The summed E-state index contributed by atoms with van der Waals surface area (Å²) in [7, 11) is -3.76. The largest absolute Gasteiger partial charge is 0.491 e. The number of anilines is 1. The number of hydrogen-bond donors (Lipinski definition) is 2. The second kappa shape index (κ2) is 9.75. The van der Waals surface area contributed by atoms with Crippen LogP contribution in [0.15, 0.2) is 58.4 Å². The summed E-state index contributed by atoms with van der Waals surface area (Å²) in [6, 6.07) is 13.0. The quantitative estimate of drug-likeness (QED) is 0.726. The van der Waals surface area contributed by atoms with E-state index in [1.807, 2.05) is 13.8 Å². The molecule has 8 heteroatoms. The smallest absolute Gasteiger partial charge is 0.262 e. The highest BCUT2D eigenvalue weighted by molar-refractivity contribution is 7.90. The number of amidine groups is 1. The van der Waals surface area contributed by atoms with Gasteiger partial charge in [-0.25, -0.2) is 8.42 Å². The molecule has 3 rings (SSSR count). The minimum Gasteiger partial charge on any atom is -0.491 e. The van der Waals surface area contributed by atoms with E-state index in [9.17, 15) is 13.2 Å². The summed E-state index contributed by atoms with van der Waals surface area (Å²) in [4.78, 5) is 16.9. The summed E-state index contributed by atoms with van der Waals surface area (Å²) in [5, 5.41) is 2.74. The fourth-order valence-corrected chi connectivity index (χ4v) is 4.21. The molecule has 0 radical (unpaired) electrons. The Morgan fingerprint density at radius 3 is 2.57 bits per heavy atom. The van der Waals surface area contributed by atoms with Gasteiger partial charge in [0.25, 0.3) is 15.9 Å². The second-order valence-corrected chi connectivity index (χ2v) is 9.10. The Morgan fingerprint density at radius 1 is 1.07 bits per heavy atom. The maximum Gasteiger partial charge on any atom is 0.262 e. The van der Waals surface area contributed by atoms with Crippen LogP contribution in [0.1, 0.15) is 49.9 Å². The van der Waals surface area contributed by atoms with Crippen LogP contribution in [-0.4, -0.2) is 32.8 Å². The molecule has 2 N–H and O–H groups in total. The Kier molecular flexibility index (Phi) is 7.10. The third-order valence-electron chi connectivity index (χ3n) is 4.52. The number of carbonyl (C=O) groups excluding carboxylic acids is 1. The van der Waals surface area contributed by atoms with Crippen molar-refractivity contribution >= 4 is 27.5 Å². The molecule has 2 aromatic rings. The number of amides is 1. The number of nitrogens with one attached hydrogen (secondary N) is 2. The molecule has 0 bridgehead atoms. The van der Waals surface area contributed by atoms with Crippen molar-refractivity contribution in [3.63, 3.8) is 0 Å². The topological polar surface area (TPSA) is 96.9 Å². The van der Waals surface area contributed by atoms with Gasteiger partial charge in [0, 0.05) is 24.2 Å². The third kappa shape index (κ3) is 6.06. The highest BCUT2D eigenvalue weighted by Gasteiger charge is 2.18. The van der Waals surface area contributed by atoms with Crippen LogP contribution in [0.5, 0.6) is 5.75 Å². The summed E-state index contributed by atoms with van der Waals surface area (Å²) in [6.45, 7) is 4.49. The summed E-state index contributed by atoms with van der Waals surface area (Å²) in [5.41, 5.74) is 0.846. The first kappa shape index (κ1) is 21.8. The minimum atomic E-state index is -3.76. The van der Waals surface area contributed by atoms with Gasteiger partial charge >= 0.3 is 0 Å². The average molecular weight is 430 g/mol. The van der Waals surface area contributed by atoms with Crippen molar-refractivity contribution in [2.75, 3.05) is 11.9 Å². The lowest BCUT2D eigenvalue weighted by Crippen LogP contribution is -2.30. The zero-order valence-electron chi connectivity index (χ0n) is 17.2. The van der Waals surface area contributed by atoms with E-state index in [2.05, 4.69) is 15.0 Å². The van der Waals surface area contributed by atoms with Crippen LogP contribution in [-0.2, 0) is 10.0 Å². The first-order chi connectivity index (χ1) is 14.3. The van der Waals surface area contributed by atoms with Gasteiger partial charge in [-0.15, -0.1) is 0 Å². The number of aliphatic imine (C=N–C) groups is 1. The van der Waals surface area contributed by atoms with Gasteiger partial charge in [0.05, 0.1) is 11.0 Å². The molecule has 1 aliphatic heterocycles. The molecule has 7 nitrogen and oxygen atoms in total. The van der Waals surface area contributed by atoms with Crippen LogP contribution in [0.3, 0.4) is 0 Å². The summed E-state index contributed by atoms with van der Waals surface area (Å²) in [5.74, 6) is 0.842. The molecular weight excluding hydrogens is 402 g/mol. The zero-order chi connectivity index (χ0) is 21.6. The highest BCUT2D eigenvalue weighted by Crippen LogP contribution is 2.19. The molecule has 160 valence electrons. The Hall–Kier alpha value is -2.87.